The molecular formula is C15H25NO2. The Morgan fingerprint density at radius 1 is 1.17 bits per heavy atom. The Balaban J connectivity index is 2.21. The minimum Gasteiger partial charge on any atom is -0.497 e. The summed E-state index contributed by atoms with van der Waals surface area (Å²) in [6.07, 6.45) is 4.56. The molecule has 0 heterocycles. The Kier molecular flexibility index (Phi) is 7.46. The van der Waals surface area contributed by atoms with Crippen molar-refractivity contribution in [2.24, 2.45) is 0 Å². The molecule has 0 fully saturated rings. The topological polar surface area (TPSA) is 41.5 Å². The van der Waals surface area contributed by atoms with E-state index in [9.17, 15) is 5.11 Å². The Labute approximate surface area is 110 Å². The molecule has 0 aliphatic heterocycles. The maximum Gasteiger partial charge on any atom is 0.118 e. The maximum atomic E-state index is 9.98. The van der Waals surface area contributed by atoms with E-state index in [-0.39, 0.29) is 0 Å². The molecule has 1 atom stereocenters. The summed E-state index contributed by atoms with van der Waals surface area (Å²) in [6.45, 7) is 3.80. The second-order valence-corrected chi connectivity index (χ2v) is 4.55. The summed E-state index contributed by atoms with van der Waals surface area (Å²) in [7, 11) is 1.64. The van der Waals surface area contributed by atoms with Gasteiger partial charge in [-0.15, -0.1) is 0 Å². The fraction of sp³-hybridized carbons (Fsp3) is 0.600. The van der Waals surface area contributed by atoms with Crippen LogP contribution in [0.15, 0.2) is 24.3 Å². The molecule has 1 aromatic rings. The van der Waals surface area contributed by atoms with Gasteiger partial charge in [-0.1, -0.05) is 38.3 Å². The molecule has 102 valence electrons. The highest BCUT2D eigenvalue weighted by Crippen LogP contribution is 2.16. The van der Waals surface area contributed by atoms with Gasteiger partial charge in [-0.05, 0) is 30.7 Å². The Bertz CT molecular complexity index is 311. The first-order valence-corrected chi connectivity index (χ1v) is 6.80. The van der Waals surface area contributed by atoms with Gasteiger partial charge < -0.3 is 15.2 Å². The van der Waals surface area contributed by atoms with Crippen LogP contribution in [0.25, 0.3) is 0 Å². The van der Waals surface area contributed by atoms with Crippen LogP contribution in [-0.4, -0.2) is 25.3 Å². The second kappa shape index (κ2) is 8.95. The summed E-state index contributed by atoms with van der Waals surface area (Å²) in [5.41, 5.74) is 0.928. The third-order valence-corrected chi connectivity index (χ3v) is 3.05. The first-order chi connectivity index (χ1) is 8.77. The van der Waals surface area contributed by atoms with Gasteiger partial charge in [-0.3, -0.25) is 0 Å². The van der Waals surface area contributed by atoms with Crippen LogP contribution < -0.4 is 10.1 Å². The van der Waals surface area contributed by atoms with Gasteiger partial charge in [0.2, 0.25) is 0 Å². The average Bonchev–Trinajstić information content (AvgIpc) is 2.42. The van der Waals surface area contributed by atoms with E-state index in [0.29, 0.717) is 6.54 Å². The molecular weight excluding hydrogens is 226 g/mol. The zero-order valence-electron chi connectivity index (χ0n) is 11.5. The molecule has 1 rings (SSSR count). The first-order valence-electron chi connectivity index (χ1n) is 6.80. The van der Waals surface area contributed by atoms with E-state index >= 15 is 0 Å². The molecule has 1 unspecified atom stereocenters. The molecule has 0 saturated carbocycles. The number of hydrogen-bond acceptors (Lipinski definition) is 3. The van der Waals surface area contributed by atoms with Crippen LogP contribution >= 0.6 is 0 Å². The van der Waals surface area contributed by atoms with Gasteiger partial charge in [0.25, 0.3) is 0 Å². The molecule has 0 saturated heterocycles. The molecule has 2 N–H and O–H groups in total. The molecule has 0 bridgehead atoms. The first kappa shape index (κ1) is 15.0. The van der Waals surface area contributed by atoms with Crippen molar-refractivity contribution in [2.75, 3.05) is 20.2 Å². The van der Waals surface area contributed by atoms with Crippen molar-refractivity contribution in [1.29, 1.82) is 0 Å². The number of aliphatic hydroxyl groups excluding tert-OH is 1. The van der Waals surface area contributed by atoms with Crippen molar-refractivity contribution in [3.8, 4) is 5.75 Å². The van der Waals surface area contributed by atoms with E-state index in [2.05, 4.69) is 12.2 Å². The zero-order chi connectivity index (χ0) is 13.2. The number of benzene rings is 1. The van der Waals surface area contributed by atoms with Gasteiger partial charge in [0.1, 0.15) is 5.75 Å². The van der Waals surface area contributed by atoms with Crippen molar-refractivity contribution in [3.63, 3.8) is 0 Å². The zero-order valence-corrected chi connectivity index (χ0v) is 11.5. The van der Waals surface area contributed by atoms with Crippen LogP contribution in [0, 0.1) is 0 Å². The van der Waals surface area contributed by atoms with Crippen LogP contribution in [-0.2, 0) is 0 Å². The summed E-state index contributed by atoms with van der Waals surface area (Å²) in [5, 5.41) is 13.3. The predicted octanol–water partition coefficient (Wildman–Crippen LogP) is 2.90. The van der Waals surface area contributed by atoms with Crippen molar-refractivity contribution in [1.82, 2.24) is 5.32 Å². The Morgan fingerprint density at radius 2 is 1.89 bits per heavy atom. The fourth-order valence-electron chi connectivity index (χ4n) is 1.86. The lowest BCUT2D eigenvalue weighted by Crippen LogP contribution is -2.22. The molecule has 0 radical (unpaired) electrons. The number of aliphatic hydroxyl groups is 1. The third kappa shape index (κ3) is 5.52. The normalized spacial score (nSPS) is 12.4. The number of unbranched alkanes of at least 4 members (excludes halogenated alkanes) is 3. The number of methoxy groups -OCH3 is 1. The van der Waals surface area contributed by atoms with E-state index in [4.69, 9.17) is 4.74 Å². The molecule has 0 aliphatic rings. The fourth-order valence-corrected chi connectivity index (χ4v) is 1.86. The molecule has 18 heavy (non-hydrogen) atoms. The van der Waals surface area contributed by atoms with Crippen LogP contribution in [0.1, 0.15) is 44.3 Å². The number of rotatable bonds is 9. The van der Waals surface area contributed by atoms with Crippen LogP contribution in [0.5, 0.6) is 5.75 Å². The van der Waals surface area contributed by atoms with Crippen molar-refractivity contribution in [2.45, 2.75) is 38.7 Å². The number of hydrogen-bond donors (Lipinski definition) is 2. The van der Waals surface area contributed by atoms with E-state index < -0.39 is 6.10 Å². The number of ether oxygens (including phenoxy) is 1. The summed E-state index contributed by atoms with van der Waals surface area (Å²) >= 11 is 0. The second-order valence-electron chi connectivity index (χ2n) is 4.55. The van der Waals surface area contributed by atoms with Crippen molar-refractivity contribution in [3.05, 3.63) is 29.8 Å². The Hall–Kier alpha value is -1.06. The SMILES string of the molecule is CCCCCCNCC(O)c1ccc(OC)cc1. The summed E-state index contributed by atoms with van der Waals surface area (Å²) in [6, 6.07) is 7.56. The Morgan fingerprint density at radius 3 is 2.50 bits per heavy atom. The van der Waals surface area contributed by atoms with E-state index in [1.54, 1.807) is 7.11 Å². The van der Waals surface area contributed by atoms with E-state index in [1.165, 1.54) is 25.7 Å². The van der Waals surface area contributed by atoms with Crippen LogP contribution in [0.4, 0.5) is 0 Å². The number of nitrogens with one attached hydrogen (secondary N) is 1. The third-order valence-electron chi connectivity index (χ3n) is 3.05. The molecule has 0 aliphatic carbocycles. The maximum absolute atomic E-state index is 9.98. The van der Waals surface area contributed by atoms with Crippen LogP contribution in [0.2, 0.25) is 0 Å². The lowest BCUT2D eigenvalue weighted by Gasteiger charge is -2.12. The van der Waals surface area contributed by atoms with Gasteiger partial charge in [0.15, 0.2) is 0 Å². The minimum absolute atomic E-state index is 0.443. The molecule has 0 aromatic heterocycles. The molecule has 3 nitrogen and oxygen atoms in total. The van der Waals surface area contributed by atoms with E-state index in [0.717, 1.165) is 17.9 Å². The quantitative estimate of drug-likeness (QED) is 0.663. The average molecular weight is 251 g/mol. The molecule has 0 spiro atoms. The van der Waals surface area contributed by atoms with E-state index in [1.807, 2.05) is 24.3 Å². The molecule has 3 heteroatoms. The highest BCUT2D eigenvalue weighted by atomic mass is 16.5. The predicted molar refractivity (Wildman–Crippen MR) is 75.0 cm³/mol. The summed E-state index contributed by atoms with van der Waals surface area (Å²) < 4.78 is 5.09. The van der Waals surface area contributed by atoms with Gasteiger partial charge in [-0.25, -0.2) is 0 Å². The van der Waals surface area contributed by atoms with Gasteiger partial charge in [-0.2, -0.15) is 0 Å². The highest BCUT2D eigenvalue weighted by Gasteiger charge is 2.06. The standard InChI is InChI=1S/C15H25NO2/c1-3-4-5-6-11-16-12-15(17)13-7-9-14(18-2)10-8-13/h7-10,15-17H,3-6,11-12H2,1-2H3. The van der Waals surface area contributed by atoms with Gasteiger partial charge in [0, 0.05) is 6.54 Å². The summed E-state index contributed by atoms with van der Waals surface area (Å²) in [5.74, 6) is 0.818. The highest BCUT2D eigenvalue weighted by molar-refractivity contribution is 5.28. The largest absolute Gasteiger partial charge is 0.497 e. The van der Waals surface area contributed by atoms with Gasteiger partial charge >= 0.3 is 0 Å². The monoisotopic (exact) mass is 251 g/mol. The summed E-state index contributed by atoms with van der Waals surface area (Å²) in [4.78, 5) is 0. The van der Waals surface area contributed by atoms with Gasteiger partial charge in [0.05, 0.1) is 13.2 Å². The molecule has 1 aromatic carbocycles. The minimum atomic E-state index is -0.443. The lowest BCUT2D eigenvalue weighted by molar-refractivity contribution is 0.174. The molecule has 0 amide bonds. The van der Waals surface area contributed by atoms with Crippen molar-refractivity contribution >= 4 is 0 Å². The lowest BCUT2D eigenvalue weighted by atomic mass is 10.1. The van der Waals surface area contributed by atoms with Crippen molar-refractivity contribution < 1.29 is 9.84 Å². The van der Waals surface area contributed by atoms with Crippen LogP contribution in [0.3, 0.4) is 0 Å². The smallest absolute Gasteiger partial charge is 0.118 e.